The van der Waals surface area contributed by atoms with E-state index < -0.39 is 0 Å². The minimum atomic E-state index is -0.0364. The molecule has 0 N–H and O–H groups in total. The Labute approximate surface area is 80.5 Å². The molecule has 0 aromatic carbocycles. The fourth-order valence-electron chi connectivity index (χ4n) is 1.16. The number of nitrogens with zero attached hydrogens (tertiary/aromatic N) is 1. The molecular formula is C6H10NO2Y. The van der Waals surface area contributed by atoms with E-state index in [2.05, 4.69) is 4.90 Å². The Morgan fingerprint density at radius 3 is 2.90 bits per heavy atom. The fraction of sp³-hybridized carbons (Fsp3) is 0.833. The average molecular weight is 217 g/mol. The Balaban J connectivity index is 2.24. The molecule has 0 spiro atoms. The van der Waals surface area contributed by atoms with Gasteiger partial charge in [0.05, 0.1) is 0 Å². The van der Waals surface area contributed by atoms with Gasteiger partial charge >= 0.3 is 80.8 Å². The van der Waals surface area contributed by atoms with Crippen LogP contribution in [-0.4, -0.2) is 33.9 Å². The summed E-state index contributed by atoms with van der Waals surface area (Å²) >= 11 is 0.578. The van der Waals surface area contributed by atoms with Crippen molar-refractivity contribution in [1.82, 2.24) is 4.90 Å². The second-order valence-corrected chi connectivity index (χ2v) is 3.77. The van der Waals surface area contributed by atoms with Crippen LogP contribution in [0.4, 0.5) is 4.79 Å². The second-order valence-electron chi connectivity index (χ2n) is 2.61. The molecule has 1 rings (SSSR count). The van der Waals surface area contributed by atoms with E-state index in [-0.39, 0.29) is 8.88 Å². The number of hydrogen-bond donors (Lipinski definition) is 0. The van der Waals surface area contributed by atoms with Crippen LogP contribution in [-0.2, 0) is 35.7 Å². The van der Waals surface area contributed by atoms with Gasteiger partial charge in [0.1, 0.15) is 0 Å². The van der Waals surface area contributed by atoms with E-state index in [1.165, 1.54) is 0 Å². The van der Waals surface area contributed by atoms with E-state index in [1.54, 1.807) is 0 Å². The predicted molar refractivity (Wildman–Crippen MR) is 32.4 cm³/mol. The van der Waals surface area contributed by atoms with Crippen molar-refractivity contribution in [2.75, 3.05) is 20.1 Å². The van der Waals surface area contributed by atoms with Crippen LogP contribution in [0.2, 0.25) is 0 Å². The first kappa shape index (κ1) is 8.63. The quantitative estimate of drug-likeness (QED) is 0.635. The van der Waals surface area contributed by atoms with Gasteiger partial charge < -0.3 is 0 Å². The molecule has 0 saturated carbocycles. The summed E-state index contributed by atoms with van der Waals surface area (Å²) in [6.45, 7) is 1.96. The molecule has 4 heteroatoms. The van der Waals surface area contributed by atoms with Crippen molar-refractivity contribution in [3.05, 3.63) is 0 Å². The Hall–Kier alpha value is 0.534. The van der Waals surface area contributed by atoms with Crippen molar-refractivity contribution in [2.24, 2.45) is 0 Å². The number of hydrogen-bond acceptors (Lipinski definition) is 3. The Kier molecular flexibility index (Phi) is 3.27. The molecule has 1 atom stereocenters. The molecule has 1 aliphatic heterocycles. The fourth-order valence-corrected chi connectivity index (χ4v) is 1.63. The summed E-state index contributed by atoms with van der Waals surface area (Å²) in [5.41, 5.74) is 0. The molecule has 1 fully saturated rings. The Bertz CT molecular complexity index is 140. The third-order valence-corrected chi connectivity index (χ3v) is 1.97. The molecule has 1 heterocycles. The maximum atomic E-state index is 10.5. The molecule has 54 valence electrons. The summed E-state index contributed by atoms with van der Waals surface area (Å²) in [5, 5.41) is 0. The number of carbonyl (C=O) groups is 1. The SMILES string of the molecule is CN1CC[C@H](O[C](=O)[Y])C1. The zero-order valence-corrected chi connectivity index (χ0v) is 8.88. The van der Waals surface area contributed by atoms with E-state index in [0.717, 1.165) is 19.5 Å². The van der Waals surface area contributed by atoms with Crippen molar-refractivity contribution in [3.8, 4) is 0 Å². The van der Waals surface area contributed by atoms with Crippen molar-refractivity contribution < 1.29 is 40.5 Å². The zero-order valence-electron chi connectivity index (χ0n) is 6.04. The number of carbonyl (C=O) groups excluding carboxylic acids is 1. The molecule has 0 bridgehead atoms. The van der Waals surface area contributed by atoms with Crippen LogP contribution in [0.25, 0.3) is 0 Å². The number of likely N-dealkylation sites (tertiary alicyclic amines) is 1. The summed E-state index contributed by atoms with van der Waals surface area (Å²) in [6.07, 6.45) is 1.18. The number of ether oxygens (including phenoxy) is 1. The monoisotopic (exact) mass is 217 g/mol. The first-order chi connectivity index (χ1) is 4.68. The van der Waals surface area contributed by atoms with Gasteiger partial charge in [-0.15, -0.1) is 0 Å². The summed E-state index contributed by atoms with van der Waals surface area (Å²) in [6, 6.07) is 0. The van der Waals surface area contributed by atoms with Gasteiger partial charge in [-0.3, -0.25) is 0 Å². The van der Waals surface area contributed by atoms with Crippen LogP contribution in [0.1, 0.15) is 6.42 Å². The minimum absolute atomic E-state index is 0.0364. The van der Waals surface area contributed by atoms with E-state index >= 15 is 0 Å². The third kappa shape index (κ3) is 2.64. The summed E-state index contributed by atoms with van der Waals surface area (Å²) in [4.78, 5) is 12.7. The Morgan fingerprint density at radius 1 is 1.80 bits per heavy atom. The van der Waals surface area contributed by atoms with Crippen molar-refractivity contribution >= 4 is 2.78 Å². The molecule has 0 amide bonds. The van der Waals surface area contributed by atoms with Gasteiger partial charge in [-0.2, -0.15) is 0 Å². The van der Waals surface area contributed by atoms with Gasteiger partial charge in [-0.05, 0) is 0 Å². The first-order valence-corrected chi connectivity index (χ1v) is 4.75. The molecule has 3 nitrogen and oxygen atoms in total. The van der Waals surface area contributed by atoms with Gasteiger partial charge in [0.2, 0.25) is 0 Å². The van der Waals surface area contributed by atoms with Gasteiger partial charge in [0, 0.05) is 0 Å². The van der Waals surface area contributed by atoms with Gasteiger partial charge in [-0.1, -0.05) is 0 Å². The van der Waals surface area contributed by atoms with Crippen molar-refractivity contribution in [2.45, 2.75) is 12.5 Å². The Morgan fingerprint density at radius 2 is 2.50 bits per heavy atom. The second kappa shape index (κ2) is 3.79. The molecule has 0 aromatic rings. The zero-order chi connectivity index (χ0) is 7.56. The van der Waals surface area contributed by atoms with E-state index in [0.29, 0.717) is 31.0 Å². The van der Waals surface area contributed by atoms with Crippen LogP contribution >= 0.6 is 0 Å². The van der Waals surface area contributed by atoms with E-state index in [4.69, 9.17) is 4.74 Å². The van der Waals surface area contributed by atoms with Crippen LogP contribution in [0.5, 0.6) is 0 Å². The standard InChI is InChI=1S/C6H10NO2.Y/c1-7-3-2-6(4-7)9-5-8;/h6H,2-4H2,1H3;/t6-;/m0./s1. The molecule has 0 aliphatic carbocycles. The number of rotatable bonds is 1. The van der Waals surface area contributed by atoms with Crippen LogP contribution in [0.3, 0.4) is 0 Å². The van der Waals surface area contributed by atoms with Gasteiger partial charge in [0.15, 0.2) is 0 Å². The van der Waals surface area contributed by atoms with Crippen LogP contribution in [0, 0.1) is 0 Å². The average Bonchev–Trinajstić information content (AvgIpc) is 2.13. The molecule has 0 aromatic heterocycles. The molecule has 1 saturated heterocycles. The summed E-state index contributed by atoms with van der Waals surface area (Å²) in [5.74, 6) is 0. The molecule has 1 aliphatic rings. The molecule has 0 unspecified atom stereocenters. The third-order valence-electron chi connectivity index (χ3n) is 1.63. The van der Waals surface area contributed by atoms with Crippen LogP contribution < -0.4 is 0 Å². The summed E-state index contributed by atoms with van der Waals surface area (Å²) in [7, 11) is 2.04. The van der Waals surface area contributed by atoms with Gasteiger partial charge in [-0.25, -0.2) is 0 Å². The van der Waals surface area contributed by atoms with E-state index in [1.807, 2.05) is 7.05 Å². The van der Waals surface area contributed by atoms with Crippen molar-refractivity contribution in [1.29, 1.82) is 0 Å². The predicted octanol–water partition coefficient (Wildman–Crippen LogP) is 0.374. The molecule has 10 heavy (non-hydrogen) atoms. The first-order valence-electron chi connectivity index (χ1n) is 3.33. The topological polar surface area (TPSA) is 29.5 Å². The van der Waals surface area contributed by atoms with Gasteiger partial charge in [0.25, 0.3) is 0 Å². The van der Waals surface area contributed by atoms with Crippen LogP contribution in [0.15, 0.2) is 0 Å². The number of likely N-dealkylation sites (N-methyl/N-ethyl adjacent to an activating group) is 1. The summed E-state index contributed by atoms with van der Waals surface area (Å²) < 4.78 is 5.02. The molecule has 0 radical (unpaired) electrons. The normalized spacial score (nSPS) is 26.6. The van der Waals surface area contributed by atoms with Crippen molar-refractivity contribution in [3.63, 3.8) is 0 Å². The maximum absolute atomic E-state index is 10.5. The molecular weight excluding hydrogens is 207 g/mol. The van der Waals surface area contributed by atoms with E-state index in [9.17, 15) is 4.79 Å².